The Bertz CT molecular complexity index is 1220. The van der Waals surface area contributed by atoms with Crippen molar-refractivity contribution < 1.29 is 8.73 Å². The quantitative estimate of drug-likeness (QED) is 0.513. The molecule has 5 rings (SSSR count). The summed E-state index contributed by atoms with van der Waals surface area (Å²) in [6.07, 6.45) is 1.80. The number of nitrogen functional groups attached to an aromatic ring is 1. The first-order chi connectivity index (χ1) is 15.1. The Morgan fingerprint density at radius 1 is 1.13 bits per heavy atom. The number of aryl methyl sites for hydroxylation is 1. The fourth-order valence-electron chi connectivity index (χ4n) is 4.11. The summed E-state index contributed by atoms with van der Waals surface area (Å²) in [4.78, 5) is 0. The van der Waals surface area contributed by atoms with E-state index in [-0.39, 0.29) is 0 Å². The summed E-state index contributed by atoms with van der Waals surface area (Å²) in [6.45, 7) is 3.57. The molecule has 1 saturated heterocycles. The van der Waals surface area contributed by atoms with Crippen LogP contribution in [0.5, 0.6) is 0 Å². The number of para-hydroxylation sites is 1. The maximum Gasteiger partial charge on any atom is 0.167 e. The van der Waals surface area contributed by atoms with Crippen LogP contribution in [0.2, 0.25) is 0 Å². The Kier molecular flexibility index (Phi) is 5.33. The lowest BCUT2D eigenvalue weighted by Crippen LogP contribution is -2.35. The van der Waals surface area contributed by atoms with Gasteiger partial charge in [0.1, 0.15) is 22.5 Å². The molecule has 0 aliphatic carbocycles. The van der Waals surface area contributed by atoms with E-state index in [9.17, 15) is 4.21 Å². The van der Waals surface area contributed by atoms with E-state index in [1.165, 1.54) is 5.56 Å². The van der Waals surface area contributed by atoms with Gasteiger partial charge in [-0.15, -0.1) is 0 Å². The summed E-state index contributed by atoms with van der Waals surface area (Å²) in [7, 11) is -1.13. The first-order valence-electron chi connectivity index (χ1n) is 10.5. The van der Waals surface area contributed by atoms with Gasteiger partial charge in [-0.3, -0.25) is 0 Å². The topological polar surface area (TPSA) is 90.2 Å². The summed E-state index contributed by atoms with van der Waals surface area (Å²) >= 11 is 0. The molecule has 1 aliphatic heterocycles. The van der Waals surface area contributed by atoms with E-state index in [4.69, 9.17) is 15.4 Å². The molecule has 4 aromatic rings. The number of fused-ring (bicyclic) bond motifs is 1. The number of aromatic nitrogens is 3. The first-order valence-corrected chi connectivity index (χ1v) is 11.8. The highest BCUT2D eigenvalue weighted by Crippen LogP contribution is 2.30. The molecular weight excluding hydrogens is 410 g/mol. The molecule has 1 fully saturated rings. The summed E-state index contributed by atoms with van der Waals surface area (Å²) in [6, 6.07) is 17.8. The average molecular weight is 436 g/mol. The lowest BCUT2D eigenvalue weighted by atomic mass is 9.95. The standard InChI is InChI=1S/C23H25N5O2S/c1-16-6-8-18(9-7-16)28-23(24)14-20(25-28)17-10-12-27(13-11-17)31(29)15-21-19-4-2-3-5-22(19)30-26-21/h2-9,14,17H,10-13,15,24H2,1H3. The highest BCUT2D eigenvalue weighted by molar-refractivity contribution is 7.81. The van der Waals surface area contributed by atoms with Gasteiger partial charge in [0, 0.05) is 30.5 Å². The molecule has 1 aliphatic rings. The molecule has 0 bridgehead atoms. The van der Waals surface area contributed by atoms with Crippen molar-refractivity contribution in [3.8, 4) is 5.69 Å². The van der Waals surface area contributed by atoms with Gasteiger partial charge in [0.15, 0.2) is 5.58 Å². The molecular formula is C23H25N5O2S. The first kappa shape index (κ1) is 20.0. The third-order valence-electron chi connectivity index (χ3n) is 5.91. The summed E-state index contributed by atoms with van der Waals surface area (Å²) < 4.78 is 22.1. The number of nitrogens with two attached hydrogens (primary N) is 1. The second kappa shape index (κ2) is 8.28. The van der Waals surface area contributed by atoms with Crippen LogP contribution in [0.25, 0.3) is 16.7 Å². The van der Waals surface area contributed by atoms with Crippen LogP contribution in [0.15, 0.2) is 59.1 Å². The second-order valence-electron chi connectivity index (χ2n) is 8.04. The van der Waals surface area contributed by atoms with Crippen LogP contribution in [0.4, 0.5) is 5.82 Å². The molecule has 1 atom stereocenters. The molecule has 31 heavy (non-hydrogen) atoms. The van der Waals surface area contributed by atoms with Crippen LogP contribution in [0.1, 0.15) is 35.7 Å². The largest absolute Gasteiger partial charge is 0.384 e. The van der Waals surface area contributed by atoms with Crippen LogP contribution in [0.3, 0.4) is 0 Å². The molecule has 3 heterocycles. The van der Waals surface area contributed by atoms with Crippen LogP contribution in [-0.4, -0.2) is 36.5 Å². The van der Waals surface area contributed by atoms with Crippen molar-refractivity contribution in [1.82, 2.24) is 19.2 Å². The van der Waals surface area contributed by atoms with E-state index >= 15 is 0 Å². The van der Waals surface area contributed by atoms with Crippen molar-refractivity contribution >= 4 is 27.8 Å². The zero-order chi connectivity index (χ0) is 21.4. The van der Waals surface area contributed by atoms with Gasteiger partial charge in [0.2, 0.25) is 0 Å². The van der Waals surface area contributed by atoms with Gasteiger partial charge >= 0.3 is 0 Å². The molecule has 0 spiro atoms. The Labute approximate surface area is 183 Å². The number of nitrogens with zero attached hydrogens (tertiary/aromatic N) is 4. The van der Waals surface area contributed by atoms with Gasteiger partial charge in [0.25, 0.3) is 0 Å². The SMILES string of the molecule is Cc1ccc(-n2nc(C3CCN(S(=O)Cc4noc5ccccc45)CC3)cc2N)cc1. The molecule has 0 saturated carbocycles. The van der Waals surface area contributed by atoms with Gasteiger partial charge in [0.05, 0.1) is 17.1 Å². The number of hydrogen-bond donors (Lipinski definition) is 1. The van der Waals surface area contributed by atoms with E-state index in [1.807, 2.05) is 46.8 Å². The fraction of sp³-hybridized carbons (Fsp3) is 0.304. The zero-order valence-corrected chi connectivity index (χ0v) is 18.2. The predicted molar refractivity (Wildman–Crippen MR) is 122 cm³/mol. The van der Waals surface area contributed by atoms with Crippen molar-refractivity contribution in [2.75, 3.05) is 18.8 Å². The van der Waals surface area contributed by atoms with Crippen LogP contribution in [-0.2, 0) is 16.7 Å². The number of piperidine rings is 1. The molecule has 2 N–H and O–H groups in total. The minimum atomic E-state index is -1.13. The van der Waals surface area contributed by atoms with E-state index in [2.05, 4.69) is 24.2 Å². The lowest BCUT2D eigenvalue weighted by Gasteiger charge is -2.29. The summed E-state index contributed by atoms with van der Waals surface area (Å²) in [5.41, 5.74) is 10.9. The highest BCUT2D eigenvalue weighted by Gasteiger charge is 2.27. The number of rotatable bonds is 5. The molecule has 0 amide bonds. The maximum atomic E-state index is 12.9. The van der Waals surface area contributed by atoms with Crippen molar-refractivity contribution in [2.45, 2.75) is 31.4 Å². The van der Waals surface area contributed by atoms with Gasteiger partial charge in [-0.2, -0.15) is 5.10 Å². The average Bonchev–Trinajstić information content (AvgIpc) is 3.38. The Morgan fingerprint density at radius 3 is 2.65 bits per heavy atom. The minimum absolute atomic E-state index is 0.315. The maximum absolute atomic E-state index is 12.9. The molecule has 2 aromatic heterocycles. The predicted octanol–water partition coefficient (Wildman–Crippen LogP) is 3.95. The van der Waals surface area contributed by atoms with E-state index in [1.54, 1.807) is 4.68 Å². The number of hydrogen-bond acceptors (Lipinski definition) is 5. The van der Waals surface area contributed by atoms with E-state index in [0.29, 0.717) is 17.5 Å². The Balaban J connectivity index is 1.24. The van der Waals surface area contributed by atoms with Crippen LogP contribution < -0.4 is 5.73 Å². The third-order valence-corrected chi connectivity index (χ3v) is 7.37. The molecule has 8 heteroatoms. The second-order valence-corrected chi connectivity index (χ2v) is 9.48. The molecule has 2 aromatic carbocycles. The van der Waals surface area contributed by atoms with Crippen LogP contribution in [0, 0.1) is 6.92 Å². The van der Waals surface area contributed by atoms with Gasteiger partial charge in [-0.1, -0.05) is 35.0 Å². The van der Waals surface area contributed by atoms with Gasteiger partial charge in [-0.05, 0) is 44.0 Å². The normalized spacial score (nSPS) is 16.7. The van der Waals surface area contributed by atoms with Crippen molar-refractivity contribution in [3.63, 3.8) is 0 Å². The third kappa shape index (κ3) is 4.00. The molecule has 0 radical (unpaired) electrons. The highest BCUT2D eigenvalue weighted by atomic mass is 32.2. The van der Waals surface area contributed by atoms with E-state index in [0.717, 1.165) is 54.0 Å². The van der Waals surface area contributed by atoms with Gasteiger partial charge < -0.3 is 10.3 Å². The molecule has 7 nitrogen and oxygen atoms in total. The smallest absolute Gasteiger partial charge is 0.167 e. The summed E-state index contributed by atoms with van der Waals surface area (Å²) in [5.74, 6) is 1.33. The number of anilines is 1. The monoisotopic (exact) mass is 435 g/mol. The zero-order valence-electron chi connectivity index (χ0n) is 17.4. The molecule has 160 valence electrons. The van der Waals surface area contributed by atoms with Crippen molar-refractivity contribution in [2.24, 2.45) is 0 Å². The Hall–Kier alpha value is -2.97. The van der Waals surface area contributed by atoms with E-state index < -0.39 is 11.0 Å². The van der Waals surface area contributed by atoms with Crippen molar-refractivity contribution in [3.05, 3.63) is 71.5 Å². The summed E-state index contributed by atoms with van der Waals surface area (Å²) in [5, 5.41) is 9.82. The Morgan fingerprint density at radius 2 is 1.87 bits per heavy atom. The molecule has 1 unspecified atom stereocenters. The van der Waals surface area contributed by atoms with Crippen molar-refractivity contribution in [1.29, 1.82) is 0 Å². The minimum Gasteiger partial charge on any atom is -0.384 e. The van der Waals surface area contributed by atoms with Gasteiger partial charge in [-0.25, -0.2) is 13.2 Å². The number of benzene rings is 2. The fourth-order valence-corrected chi connectivity index (χ4v) is 5.36. The lowest BCUT2D eigenvalue weighted by molar-refractivity contribution is 0.330. The van der Waals surface area contributed by atoms with Crippen LogP contribution >= 0.6 is 0 Å².